The van der Waals surface area contributed by atoms with Crippen LogP contribution >= 0.6 is 0 Å². The van der Waals surface area contributed by atoms with Crippen LogP contribution in [0.1, 0.15) is 6.92 Å². The van der Waals surface area contributed by atoms with Crippen LogP contribution in [-0.2, 0) is 4.79 Å². The summed E-state index contributed by atoms with van der Waals surface area (Å²) in [7, 11) is 0. The molecule has 1 amide bonds. The highest BCUT2D eigenvalue weighted by Gasteiger charge is 2.28. The topological polar surface area (TPSA) is 61.4 Å². The highest BCUT2D eigenvalue weighted by atomic mass is 16.5. The Morgan fingerprint density at radius 1 is 1.70 bits per heavy atom. The molecule has 1 heterocycles. The van der Waals surface area contributed by atoms with Crippen LogP contribution in [0.15, 0.2) is 0 Å². The van der Waals surface area contributed by atoms with Crippen LogP contribution < -0.4 is 10.8 Å². The summed E-state index contributed by atoms with van der Waals surface area (Å²) in [6.07, 6.45) is 0. The molecule has 0 bridgehead atoms. The van der Waals surface area contributed by atoms with E-state index in [-0.39, 0.29) is 11.8 Å². The summed E-state index contributed by atoms with van der Waals surface area (Å²) in [5.74, 6) is -0.0188. The zero-order valence-electron chi connectivity index (χ0n) is 5.92. The minimum absolute atomic E-state index is 0.0648. The fraction of sp³-hybridized carbons (Fsp3) is 0.833. The number of carbonyl (C=O) groups is 1. The fourth-order valence-corrected chi connectivity index (χ4v) is 1.24. The third kappa shape index (κ3) is 1.27. The summed E-state index contributed by atoms with van der Waals surface area (Å²) >= 11 is 0. The largest absolute Gasteiger partial charge is 0.316 e. The lowest BCUT2D eigenvalue weighted by Crippen LogP contribution is -2.31. The van der Waals surface area contributed by atoms with E-state index in [4.69, 9.17) is 5.21 Å². The first-order valence-electron chi connectivity index (χ1n) is 3.40. The summed E-state index contributed by atoms with van der Waals surface area (Å²) in [6.45, 7) is 3.52. The van der Waals surface area contributed by atoms with Gasteiger partial charge in [-0.15, -0.1) is 0 Å². The Morgan fingerprint density at radius 2 is 2.40 bits per heavy atom. The van der Waals surface area contributed by atoms with E-state index in [0.29, 0.717) is 12.5 Å². The third-order valence-electron chi connectivity index (χ3n) is 1.96. The first-order valence-corrected chi connectivity index (χ1v) is 3.40. The van der Waals surface area contributed by atoms with Crippen molar-refractivity contribution in [2.24, 2.45) is 11.8 Å². The van der Waals surface area contributed by atoms with Gasteiger partial charge in [0.05, 0.1) is 5.92 Å². The number of rotatable bonds is 1. The van der Waals surface area contributed by atoms with Gasteiger partial charge in [0.25, 0.3) is 0 Å². The van der Waals surface area contributed by atoms with Gasteiger partial charge in [-0.3, -0.25) is 10.0 Å². The molecule has 1 saturated heterocycles. The number of carbonyl (C=O) groups excluding carboxylic acids is 1. The van der Waals surface area contributed by atoms with Crippen molar-refractivity contribution in [3.05, 3.63) is 0 Å². The lowest BCUT2D eigenvalue weighted by molar-refractivity contribution is -0.133. The van der Waals surface area contributed by atoms with Crippen LogP contribution in [0.25, 0.3) is 0 Å². The van der Waals surface area contributed by atoms with E-state index in [1.54, 1.807) is 5.48 Å². The molecule has 0 saturated carbocycles. The summed E-state index contributed by atoms with van der Waals surface area (Å²) in [5, 5.41) is 11.4. The summed E-state index contributed by atoms with van der Waals surface area (Å²) < 4.78 is 0. The molecule has 10 heavy (non-hydrogen) atoms. The van der Waals surface area contributed by atoms with Crippen molar-refractivity contribution < 1.29 is 10.0 Å². The highest BCUT2D eigenvalue weighted by molar-refractivity contribution is 5.78. The molecule has 1 rings (SSSR count). The Kier molecular flexibility index (Phi) is 2.24. The minimum atomic E-state index is -0.280. The molecule has 1 aliphatic rings. The van der Waals surface area contributed by atoms with Crippen LogP contribution in [0.5, 0.6) is 0 Å². The van der Waals surface area contributed by atoms with Crippen molar-refractivity contribution in [2.75, 3.05) is 13.1 Å². The van der Waals surface area contributed by atoms with E-state index in [0.717, 1.165) is 6.54 Å². The molecule has 0 aliphatic carbocycles. The number of amides is 1. The van der Waals surface area contributed by atoms with E-state index in [1.165, 1.54) is 0 Å². The maximum Gasteiger partial charge on any atom is 0.248 e. The van der Waals surface area contributed by atoms with Gasteiger partial charge in [0.15, 0.2) is 0 Å². The van der Waals surface area contributed by atoms with Crippen molar-refractivity contribution in [1.29, 1.82) is 0 Å². The van der Waals surface area contributed by atoms with Crippen LogP contribution in [0, 0.1) is 11.8 Å². The molecule has 4 heteroatoms. The number of hydrogen-bond acceptors (Lipinski definition) is 3. The fourth-order valence-electron chi connectivity index (χ4n) is 1.24. The first kappa shape index (κ1) is 7.50. The molecular formula is C6H12N2O2. The second-order valence-electron chi connectivity index (χ2n) is 2.72. The van der Waals surface area contributed by atoms with Crippen molar-refractivity contribution in [3.8, 4) is 0 Å². The monoisotopic (exact) mass is 144 g/mol. The smallest absolute Gasteiger partial charge is 0.248 e. The van der Waals surface area contributed by atoms with Crippen LogP contribution in [0.3, 0.4) is 0 Å². The Hall–Kier alpha value is -0.610. The Labute approximate surface area is 59.6 Å². The van der Waals surface area contributed by atoms with E-state index in [2.05, 4.69) is 5.32 Å². The van der Waals surface area contributed by atoms with Crippen molar-refractivity contribution in [2.45, 2.75) is 6.92 Å². The molecule has 0 aromatic heterocycles. The molecule has 2 atom stereocenters. The first-order chi connectivity index (χ1) is 4.75. The van der Waals surface area contributed by atoms with Gasteiger partial charge in [0.2, 0.25) is 5.91 Å². The molecule has 4 nitrogen and oxygen atoms in total. The van der Waals surface area contributed by atoms with Gasteiger partial charge in [0.1, 0.15) is 0 Å². The van der Waals surface area contributed by atoms with E-state index >= 15 is 0 Å². The van der Waals surface area contributed by atoms with Crippen molar-refractivity contribution in [1.82, 2.24) is 10.8 Å². The molecule has 0 radical (unpaired) electrons. The number of hydroxylamine groups is 1. The molecule has 1 aliphatic heterocycles. The average molecular weight is 144 g/mol. The Bertz CT molecular complexity index is 138. The van der Waals surface area contributed by atoms with Gasteiger partial charge in [-0.2, -0.15) is 0 Å². The van der Waals surface area contributed by atoms with Crippen LogP contribution in [-0.4, -0.2) is 24.2 Å². The normalized spacial score (nSPS) is 32.2. The summed E-state index contributed by atoms with van der Waals surface area (Å²) in [6, 6.07) is 0. The van der Waals surface area contributed by atoms with E-state index < -0.39 is 0 Å². The van der Waals surface area contributed by atoms with Gasteiger partial charge in [-0.05, 0) is 12.5 Å². The van der Waals surface area contributed by atoms with Crippen LogP contribution in [0.4, 0.5) is 0 Å². The van der Waals surface area contributed by atoms with Gasteiger partial charge < -0.3 is 5.32 Å². The van der Waals surface area contributed by atoms with Crippen LogP contribution in [0.2, 0.25) is 0 Å². The maximum absolute atomic E-state index is 10.8. The molecule has 0 aromatic carbocycles. The second kappa shape index (κ2) is 2.98. The van der Waals surface area contributed by atoms with E-state index in [9.17, 15) is 4.79 Å². The standard InChI is InChI=1S/C6H12N2O2/c1-4-2-7-3-5(4)6(9)8-10/h4-5,7,10H,2-3H2,1H3,(H,8,9)/t4-,5-/m1/s1. The summed E-state index contributed by atoms with van der Waals surface area (Å²) in [4.78, 5) is 10.8. The van der Waals surface area contributed by atoms with Gasteiger partial charge in [0, 0.05) is 6.54 Å². The van der Waals surface area contributed by atoms with Crippen molar-refractivity contribution in [3.63, 3.8) is 0 Å². The Balaban J connectivity index is 2.46. The Morgan fingerprint density at radius 3 is 2.80 bits per heavy atom. The SMILES string of the molecule is C[C@@H]1CNC[C@H]1C(=O)NO. The maximum atomic E-state index is 10.8. The zero-order chi connectivity index (χ0) is 7.56. The molecule has 3 N–H and O–H groups in total. The molecule has 0 aromatic rings. The summed E-state index contributed by atoms with van der Waals surface area (Å²) in [5.41, 5.74) is 1.66. The van der Waals surface area contributed by atoms with Gasteiger partial charge in [-0.25, -0.2) is 5.48 Å². The number of hydrogen-bond donors (Lipinski definition) is 3. The van der Waals surface area contributed by atoms with Gasteiger partial charge >= 0.3 is 0 Å². The van der Waals surface area contributed by atoms with Crippen molar-refractivity contribution >= 4 is 5.91 Å². The average Bonchev–Trinajstić information content (AvgIpc) is 2.34. The highest BCUT2D eigenvalue weighted by Crippen LogP contribution is 2.14. The minimum Gasteiger partial charge on any atom is -0.316 e. The molecule has 1 fully saturated rings. The molecule has 58 valence electrons. The zero-order valence-corrected chi connectivity index (χ0v) is 5.92. The molecule has 0 spiro atoms. The molecule has 0 unspecified atom stereocenters. The third-order valence-corrected chi connectivity index (χ3v) is 1.96. The predicted molar refractivity (Wildman–Crippen MR) is 35.5 cm³/mol. The molecular weight excluding hydrogens is 132 g/mol. The lowest BCUT2D eigenvalue weighted by Gasteiger charge is -2.09. The lowest BCUT2D eigenvalue weighted by atomic mass is 9.98. The van der Waals surface area contributed by atoms with Gasteiger partial charge in [-0.1, -0.05) is 6.92 Å². The predicted octanol–water partition coefficient (Wildman–Crippen LogP) is -0.653. The second-order valence-corrected chi connectivity index (χ2v) is 2.72. The quantitative estimate of drug-likeness (QED) is 0.338. The number of nitrogens with one attached hydrogen (secondary N) is 2. The van der Waals surface area contributed by atoms with E-state index in [1.807, 2.05) is 6.92 Å².